The Morgan fingerprint density at radius 3 is 2.10 bits per heavy atom. The average Bonchev–Trinajstić information content (AvgIpc) is 2.82. The van der Waals surface area contributed by atoms with Gasteiger partial charge in [-0.3, -0.25) is 9.80 Å². The highest BCUT2D eigenvalue weighted by Gasteiger charge is 2.19. The van der Waals surface area contributed by atoms with Gasteiger partial charge in [0.2, 0.25) is 5.75 Å². The summed E-state index contributed by atoms with van der Waals surface area (Å²) in [4.78, 5) is 4.75. The number of benzene rings is 2. The van der Waals surface area contributed by atoms with Crippen molar-refractivity contribution < 1.29 is 18.9 Å². The van der Waals surface area contributed by atoms with Crippen LogP contribution in [0.25, 0.3) is 0 Å². The van der Waals surface area contributed by atoms with Crippen LogP contribution in [-0.2, 0) is 6.54 Å². The van der Waals surface area contributed by atoms with Crippen LogP contribution in [0.5, 0.6) is 23.0 Å². The van der Waals surface area contributed by atoms with Gasteiger partial charge in [0, 0.05) is 45.7 Å². The quantitative estimate of drug-likeness (QED) is 0.512. The molecule has 7 nitrogen and oxygen atoms in total. The molecule has 0 spiro atoms. The molecule has 0 bridgehead atoms. The zero-order valence-electron chi connectivity index (χ0n) is 18.4. The molecule has 0 aliphatic carbocycles. The lowest BCUT2D eigenvalue weighted by Gasteiger charge is -2.34. The van der Waals surface area contributed by atoms with Crippen LogP contribution in [0.15, 0.2) is 42.5 Å². The van der Waals surface area contributed by atoms with Crippen LogP contribution in [0, 0.1) is 11.3 Å². The molecule has 0 saturated carbocycles. The maximum absolute atomic E-state index is 8.76. The number of hydrogen-bond donors (Lipinski definition) is 0. The van der Waals surface area contributed by atoms with Gasteiger partial charge in [0.15, 0.2) is 11.5 Å². The predicted octanol–water partition coefficient (Wildman–Crippen LogP) is 3.19. The van der Waals surface area contributed by atoms with Crippen LogP contribution in [0.3, 0.4) is 0 Å². The van der Waals surface area contributed by atoms with E-state index in [1.807, 2.05) is 42.5 Å². The molecule has 0 aromatic heterocycles. The SMILES string of the molecule is COc1cc(CN2CCN(CCC#N)CC2)cc(OC)c1OCCOc1ccccc1. The van der Waals surface area contributed by atoms with E-state index in [9.17, 15) is 0 Å². The first-order valence-corrected chi connectivity index (χ1v) is 10.6. The summed E-state index contributed by atoms with van der Waals surface area (Å²) in [7, 11) is 3.28. The lowest BCUT2D eigenvalue weighted by molar-refractivity contribution is 0.129. The number of rotatable bonds is 11. The van der Waals surface area contributed by atoms with Gasteiger partial charge in [0.1, 0.15) is 19.0 Å². The minimum Gasteiger partial charge on any atom is -0.493 e. The summed E-state index contributed by atoms with van der Waals surface area (Å²) in [6.45, 7) is 6.40. The van der Waals surface area contributed by atoms with E-state index in [1.165, 1.54) is 0 Å². The molecule has 166 valence electrons. The second-order valence-electron chi connectivity index (χ2n) is 7.37. The fourth-order valence-corrected chi connectivity index (χ4v) is 3.63. The summed E-state index contributed by atoms with van der Waals surface area (Å²) in [6, 6.07) is 15.9. The number of methoxy groups -OCH3 is 2. The predicted molar refractivity (Wildman–Crippen MR) is 119 cm³/mol. The van der Waals surface area contributed by atoms with Crippen LogP contribution in [0.2, 0.25) is 0 Å². The van der Waals surface area contributed by atoms with Gasteiger partial charge in [-0.25, -0.2) is 0 Å². The van der Waals surface area contributed by atoms with Crippen LogP contribution < -0.4 is 18.9 Å². The van der Waals surface area contributed by atoms with E-state index in [4.69, 9.17) is 24.2 Å². The first kappa shape index (κ1) is 22.7. The van der Waals surface area contributed by atoms with E-state index < -0.39 is 0 Å². The maximum Gasteiger partial charge on any atom is 0.203 e. The number of para-hydroxylation sites is 1. The molecule has 0 amide bonds. The monoisotopic (exact) mass is 425 g/mol. The largest absolute Gasteiger partial charge is 0.493 e. The second-order valence-corrected chi connectivity index (χ2v) is 7.37. The van der Waals surface area contributed by atoms with Gasteiger partial charge < -0.3 is 18.9 Å². The molecule has 0 N–H and O–H groups in total. The fraction of sp³-hybridized carbons (Fsp3) is 0.458. The highest BCUT2D eigenvalue weighted by Crippen LogP contribution is 2.39. The standard InChI is InChI=1S/C24H31N3O4/c1-28-22-17-20(19-27-13-11-26(12-14-27)10-6-9-25)18-23(29-2)24(22)31-16-15-30-21-7-4-3-5-8-21/h3-5,7-8,17-18H,6,10-16,19H2,1-2H3. The van der Waals surface area contributed by atoms with Gasteiger partial charge in [-0.05, 0) is 29.8 Å². The number of hydrogen-bond acceptors (Lipinski definition) is 7. The minimum atomic E-state index is 0.381. The van der Waals surface area contributed by atoms with Gasteiger partial charge in [-0.1, -0.05) is 18.2 Å². The molecular weight excluding hydrogens is 394 g/mol. The van der Waals surface area contributed by atoms with Gasteiger partial charge in [0.25, 0.3) is 0 Å². The van der Waals surface area contributed by atoms with Gasteiger partial charge in [-0.15, -0.1) is 0 Å². The van der Waals surface area contributed by atoms with Crippen LogP contribution in [0.4, 0.5) is 0 Å². The van der Waals surface area contributed by atoms with Crippen molar-refractivity contribution in [1.29, 1.82) is 5.26 Å². The van der Waals surface area contributed by atoms with Crippen molar-refractivity contribution in [3.8, 4) is 29.1 Å². The third-order valence-electron chi connectivity index (χ3n) is 5.27. The topological polar surface area (TPSA) is 67.2 Å². The Morgan fingerprint density at radius 2 is 1.48 bits per heavy atom. The lowest BCUT2D eigenvalue weighted by atomic mass is 10.1. The zero-order valence-corrected chi connectivity index (χ0v) is 18.4. The molecule has 1 aliphatic rings. The molecule has 1 heterocycles. The first-order chi connectivity index (χ1) is 15.2. The van der Waals surface area contributed by atoms with Crippen molar-refractivity contribution in [2.75, 3.05) is 60.2 Å². The Hall–Kier alpha value is -2.95. The molecule has 3 rings (SSSR count). The van der Waals surface area contributed by atoms with Crippen molar-refractivity contribution in [3.63, 3.8) is 0 Å². The summed E-state index contributed by atoms with van der Waals surface area (Å²) >= 11 is 0. The molecule has 2 aromatic rings. The number of nitriles is 1. The Morgan fingerprint density at radius 1 is 0.871 bits per heavy atom. The Balaban J connectivity index is 1.56. The smallest absolute Gasteiger partial charge is 0.203 e. The summed E-state index contributed by atoms with van der Waals surface area (Å²) < 4.78 is 22.8. The average molecular weight is 426 g/mol. The highest BCUT2D eigenvalue weighted by atomic mass is 16.6. The Labute approximate surface area is 184 Å². The molecule has 0 unspecified atom stereocenters. The molecule has 7 heteroatoms. The maximum atomic E-state index is 8.76. The number of ether oxygens (including phenoxy) is 4. The lowest BCUT2D eigenvalue weighted by Crippen LogP contribution is -2.46. The van der Waals surface area contributed by atoms with E-state index in [2.05, 4.69) is 15.9 Å². The molecule has 31 heavy (non-hydrogen) atoms. The van der Waals surface area contributed by atoms with E-state index in [-0.39, 0.29) is 0 Å². The fourth-order valence-electron chi connectivity index (χ4n) is 3.63. The first-order valence-electron chi connectivity index (χ1n) is 10.6. The van der Waals surface area contributed by atoms with Crippen LogP contribution in [-0.4, -0.2) is 70.0 Å². The van der Waals surface area contributed by atoms with E-state index in [0.29, 0.717) is 36.9 Å². The summed E-state index contributed by atoms with van der Waals surface area (Å²) in [5, 5.41) is 8.76. The Bertz CT molecular complexity index is 821. The third-order valence-corrected chi connectivity index (χ3v) is 5.27. The molecule has 0 atom stereocenters. The molecule has 2 aromatic carbocycles. The Kier molecular flexibility index (Phi) is 8.83. The van der Waals surface area contributed by atoms with Crippen molar-refractivity contribution in [1.82, 2.24) is 9.80 Å². The van der Waals surface area contributed by atoms with Gasteiger partial charge >= 0.3 is 0 Å². The van der Waals surface area contributed by atoms with E-state index in [0.717, 1.165) is 50.6 Å². The second kappa shape index (κ2) is 12.0. The van der Waals surface area contributed by atoms with Crippen molar-refractivity contribution in [2.24, 2.45) is 0 Å². The molecule has 1 saturated heterocycles. The van der Waals surface area contributed by atoms with Crippen molar-refractivity contribution >= 4 is 0 Å². The van der Waals surface area contributed by atoms with Crippen molar-refractivity contribution in [2.45, 2.75) is 13.0 Å². The third kappa shape index (κ3) is 6.78. The zero-order chi connectivity index (χ0) is 21.9. The minimum absolute atomic E-state index is 0.381. The summed E-state index contributed by atoms with van der Waals surface area (Å²) in [5.41, 5.74) is 1.12. The van der Waals surface area contributed by atoms with Gasteiger partial charge in [0.05, 0.1) is 20.3 Å². The number of piperazine rings is 1. The van der Waals surface area contributed by atoms with Gasteiger partial charge in [-0.2, -0.15) is 5.26 Å². The van der Waals surface area contributed by atoms with Crippen molar-refractivity contribution in [3.05, 3.63) is 48.0 Å². The molecule has 1 fully saturated rings. The summed E-state index contributed by atoms with van der Waals surface area (Å²) in [5.74, 6) is 2.71. The van der Waals surface area contributed by atoms with E-state index in [1.54, 1.807) is 14.2 Å². The number of nitrogens with zero attached hydrogens (tertiary/aromatic N) is 3. The molecular formula is C24H31N3O4. The van der Waals surface area contributed by atoms with Crippen LogP contribution in [0.1, 0.15) is 12.0 Å². The normalized spacial score (nSPS) is 14.6. The molecule has 1 aliphatic heterocycles. The molecule has 0 radical (unpaired) electrons. The summed E-state index contributed by atoms with van der Waals surface area (Å²) in [6.07, 6.45) is 0.590. The van der Waals surface area contributed by atoms with E-state index >= 15 is 0 Å². The van der Waals surface area contributed by atoms with Crippen LogP contribution >= 0.6 is 0 Å². The highest BCUT2D eigenvalue weighted by molar-refractivity contribution is 5.54.